The van der Waals surface area contributed by atoms with E-state index in [1.54, 1.807) is 19.2 Å². The molecule has 178 valence electrons. The highest BCUT2D eigenvalue weighted by molar-refractivity contribution is 5.77. The molecule has 1 fully saturated rings. The molecule has 1 aliphatic carbocycles. The fourth-order valence-electron chi connectivity index (χ4n) is 4.10. The SMILES string of the molecule is COc1cc(CNC(=O)CCCC/C=C/C(C)C)ccc1OC(=O)C1CCCCC1CN. The highest BCUT2D eigenvalue weighted by Gasteiger charge is 2.32. The van der Waals surface area contributed by atoms with E-state index in [1.807, 2.05) is 6.07 Å². The molecule has 2 rings (SSSR count). The number of unbranched alkanes of at least 4 members (excludes halogenated alkanes) is 2. The summed E-state index contributed by atoms with van der Waals surface area (Å²) in [6.07, 6.45) is 11.7. The molecule has 2 unspecified atom stereocenters. The number of esters is 1. The van der Waals surface area contributed by atoms with Gasteiger partial charge in [-0.3, -0.25) is 9.59 Å². The Kier molecular flexibility index (Phi) is 11.3. The fraction of sp³-hybridized carbons (Fsp3) is 0.615. The molecule has 1 aromatic rings. The average Bonchev–Trinajstić information content (AvgIpc) is 2.80. The standard InChI is InChI=1S/C26H40N2O4/c1-19(2)10-6-4-5-7-13-25(29)28-18-20-14-15-23(24(16-20)31-3)32-26(30)22-12-9-8-11-21(22)17-27/h6,10,14-16,19,21-22H,4-5,7-9,11-13,17-18,27H2,1-3H3,(H,28,29)/b10-6+. The van der Waals surface area contributed by atoms with E-state index in [0.717, 1.165) is 50.5 Å². The van der Waals surface area contributed by atoms with Crippen LogP contribution < -0.4 is 20.5 Å². The van der Waals surface area contributed by atoms with Crippen LogP contribution in [0.5, 0.6) is 11.5 Å². The number of allylic oxidation sites excluding steroid dienone is 2. The number of amides is 1. The highest BCUT2D eigenvalue weighted by atomic mass is 16.6. The summed E-state index contributed by atoms with van der Waals surface area (Å²) in [5.41, 5.74) is 6.75. The van der Waals surface area contributed by atoms with E-state index in [-0.39, 0.29) is 23.7 Å². The minimum atomic E-state index is -0.234. The first kappa shape index (κ1) is 25.9. The zero-order valence-electron chi connectivity index (χ0n) is 19.9. The number of benzene rings is 1. The summed E-state index contributed by atoms with van der Waals surface area (Å²) in [6, 6.07) is 5.39. The Balaban J connectivity index is 1.82. The van der Waals surface area contributed by atoms with Crippen LogP contribution in [0.25, 0.3) is 0 Å². The summed E-state index contributed by atoms with van der Waals surface area (Å²) in [6.45, 7) is 5.23. The van der Waals surface area contributed by atoms with Crippen molar-refractivity contribution in [2.45, 2.75) is 71.8 Å². The molecule has 0 heterocycles. The van der Waals surface area contributed by atoms with Crippen LogP contribution in [0.15, 0.2) is 30.4 Å². The van der Waals surface area contributed by atoms with E-state index >= 15 is 0 Å². The summed E-state index contributed by atoms with van der Waals surface area (Å²) < 4.78 is 11.1. The van der Waals surface area contributed by atoms with E-state index in [1.165, 1.54) is 0 Å². The molecule has 3 N–H and O–H groups in total. The molecule has 6 nitrogen and oxygen atoms in total. The summed E-state index contributed by atoms with van der Waals surface area (Å²) in [4.78, 5) is 24.8. The van der Waals surface area contributed by atoms with Crippen molar-refractivity contribution in [3.8, 4) is 11.5 Å². The first-order valence-corrected chi connectivity index (χ1v) is 12.0. The van der Waals surface area contributed by atoms with Gasteiger partial charge in [-0.05, 0) is 68.2 Å². The van der Waals surface area contributed by atoms with Gasteiger partial charge in [0.1, 0.15) is 0 Å². The van der Waals surface area contributed by atoms with Gasteiger partial charge in [-0.15, -0.1) is 0 Å². The van der Waals surface area contributed by atoms with Gasteiger partial charge in [0, 0.05) is 13.0 Å². The molecule has 1 saturated carbocycles. The van der Waals surface area contributed by atoms with E-state index in [9.17, 15) is 9.59 Å². The van der Waals surface area contributed by atoms with Gasteiger partial charge in [0.25, 0.3) is 0 Å². The Hall–Kier alpha value is -2.34. The summed E-state index contributed by atoms with van der Waals surface area (Å²) in [5, 5.41) is 2.95. The largest absolute Gasteiger partial charge is 0.493 e. The first-order valence-electron chi connectivity index (χ1n) is 12.0. The first-order chi connectivity index (χ1) is 15.4. The van der Waals surface area contributed by atoms with Crippen LogP contribution in [-0.4, -0.2) is 25.5 Å². The number of methoxy groups -OCH3 is 1. The van der Waals surface area contributed by atoms with Crippen molar-refractivity contribution < 1.29 is 19.1 Å². The molecule has 0 saturated heterocycles. The Labute approximate surface area is 192 Å². The number of hydrogen-bond donors (Lipinski definition) is 2. The van der Waals surface area contributed by atoms with E-state index < -0.39 is 0 Å². The third-order valence-electron chi connectivity index (χ3n) is 5.99. The Bertz CT molecular complexity index is 760. The van der Waals surface area contributed by atoms with Gasteiger partial charge in [-0.1, -0.05) is 44.9 Å². The van der Waals surface area contributed by atoms with Crippen molar-refractivity contribution in [3.05, 3.63) is 35.9 Å². The molecule has 32 heavy (non-hydrogen) atoms. The Morgan fingerprint density at radius 2 is 1.97 bits per heavy atom. The molecule has 0 aromatic heterocycles. The van der Waals surface area contributed by atoms with Crippen molar-refractivity contribution in [2.24, 2.45) is 23.5 Å². The fourth-order valence-corrected chi connectivity index (χ4v) is 4.10. The van der Waals surface area contributed by atoms with Crippen LogP contribution in [0.4, 0.5) is 0 Å². The molecule has 1 aliphatic rings. The van der Waals surface area contributed by atoms with Crippen molar-refractivity contribution >= 4 is 11.9 Å². The number of hydrogen-bond acceptors (Lipinski definition) is 5. The van der Waals surface area contributed by atoms with Crippen LogP contribution in [0.2, 0.25) is 0 Å². The zero-order valence-corrected chi connectivity index (χ0v) is 19.9. The highest BCUT2D eigenvalue weighted by Crippen LogP contribution is 2.33. The van der Waals surface area contributed by atoms with Crippen molar-refractivity contribution in [3.63, 3.8) is 0 Å². The second-order valence-corrected chi connectivity index (χ2v) is 8.99. The number of ether oxygens (including phenoxy) is 2. The Morgan fingerprint density at radius 1 is 1.19 bits per heavy atom. The summed E-state index contributed by atoms with van der Waals surface area (Å²) >= 11 is 0. The number of carbonyl (C=O) groups excluding carboxylic acids is 2. The summed E-state index contributed by atoms with van der Waals surface area (Å²) in [7, 11) is 1.55. The lowest BCUT2D eigenvalue weighted by molar-refractivity contribution is -0.142. The maximum Gasteiger partial charge on any atom is 0.314 e. The van der Waals surface area contributed by atoms with Crippen LogP contribution in [0.1, 0.15) is 70.8 Å². The van der Waals surface area contributed by atoms with Crippen LogP contribution in [0, 0.1) is 17.8 Å². The molecular weight excluding hydrogens is 404 g/mol. The minimum Gasteiger partial charge on any atom is -0.493 e. The molecular formula is C26H40N2O4. The van der Waals surface area contributed by atoms with E-state index in [0.29, 0.717) is 36.9 Å². The molecule has 6 heteroatoms. The number of nitrogens with two attached hydrogens (primary N) is 1. The lowest BCUT2D eigenvalue weighted by atomic mass is 9.79. The molecule has 1 aromatic carbocycles. The maximum absolute atomic E-state index is 12.7. The zero-order chi connectivity index (χ0) is 23.3. The predicted molar refractivity (Wildman–Crippen MR) is 127 cm³/mol. The average molecular weight is 445 g/mol. The van der Waals surface area contributed by atoms with Crippen LogP contribution in [-0.2, 0) is 16.1 Å². The van der Waals surface area contributed by atoms with Gasteiger partial charge < -0.3 is 20.5 Å². The lowest BCUT2D eigenvalue weighted by Crippen LogP contribution is -2.34. The molecule has 1 amide bonds. The Morgan fingerprint density at radius 3 is 2.69 bits per heavy atom. The van der Waals surface area contributed by atoms with Gasteiger partial charge in [-0.25, -0.2) is 0 Å². The topological polar surface area (TPSA) is 90.6 Å². The van der Waals surface area contributed by atoms with Crippen molar-refractivity contribution in [2.75, 3.05) is 13.7 Å². The monoisotopic (exact) mass is 444 g/mol. The van der Waals surface area contributed by atoms with Gasteiger partial charge >= 0.3 is 5.97 Å². The normalized spacial score (nSPS) is 18.7. The molecule has 0 radical (unpaired) electrons. The third-order valence-corrected chi connectivity index (χ3v) is 5.99. The minimum absolute atomic E-state index is 0.0393. The molecule has 0 spiro atoms. The smallest absolute Gasteiger partial charge is 0.314 e. The number of rotatable bonds is 12. The van der Waals surface area contributed by atoms with E-state index in [2.05, 4.69) is 31.3 Å². The predicted octanol–water partition coefficient (Wildman–Crippen LogP) is 4.75. The van der Waals surface area contributed by atoms with E-state index in [4.69, 9.17) is 15.2 Å². The van der Waals surface area contributed by atoms with Crippen molar-refractivity contribution in [1.29, 1.82) is 0 Å². The molecule has 2 atom stereocenters. The second kappa shape index (κ2) is 13.9. The summed E-state index contributed by atoms with van der Waals surface area (Å²) in [5.74, 6) is 1.30. The van der Waals surface area contributed by atoms with Gasteiger partial charge in [-0.2, -0.15) is 0 Å². The van der Waals surface area contributed by atoms with Crippen LogP contribution >= 0.6 is 0 Å². The van der Waals surface area contributed by atoms with Gasteiger partial charge in [0.2, 0.25) is 5.91 Å². The maximum atomic E-state index is 12.7. The van der Waals surface area contributed by atoms with Gasteiger partial charge in [0.15, 0.2) is 11.5 Å². The number of nitrogens with one attached hydrogen (secondary N) is 1. The lowest BCUT2D eigenvalue weighted by Gasteiger charge is -2.28. The molecule has 0 aliphatic heterocycles. The number of carbonyl (C=O) groups is 2. The van der Waals surface area contributed by atoms with Gasteiger partial charge in [0.05, 0.1) is 13.0 Å². The van der Waals surface area contributed by atoms with Crippen LogP contribution in [0.3, 0.4) is 0 Å². The quantitative estimate of drug-likeness (QED) is 0.210. The van der Waals surface area contributed by atoms with Crippen molar-refractivity contribution in [1.82, 2.24) is 5.32 Å². The molecule has 0 bridgehead atoms. The second-order valence-electron chi connectivity index (χ2n) is 8.99. The third kappa shape index (κ3) is 8.65.